The van der Waals surface area contributed by atoms with Gasteiger partial charge in [0, 0.05) is 15.6 Å². The fourth-order valence-electron chi connectivity index (χ4n) is 2.10. The molecule has 4 heteroatoms. The first-order valence-electron chi connectivity index (χ1n) is 5.47. The molecule has 1 aromatic carbocycles. The Morgan fingerprint density at radius 3 is 2.94 bits per heavy atom. The monoisotopic (exact) mass is 283 g/mol. The average molecular weight is 284 g/mol. The molecule has 1 aliphatic heterocycles. The van der Waals surface area contributed by atoms with E-state index in [0.717, 1.165) is 35.0 Å². The van der Waals surface area contributed by atoms with Gasteiger partial charge in [-0.2, -0.15) is 0 Å². The summed E-state index contributed by atoms with van der Waals surface area (Å²) in [4.78, 5) is 0. The Bertz CT molecular complexity index is 429. The highest BCUT2D eigenvalue weighted by molar-refractivity contribution is 9.10. The van der Waals surface area contributed by atoms with Crippen LogP contribution in [-0.4, -0.2) is 12.3 Å². The zero-order chi connectivity index (χ0) is 11.2. The highest BCUT2D eigenvalue weighted by Gasteiger charge is 2.39. The van der Waals surface area contributed by atoms with Crippen LogP contribution in [0.1, 0.15) is 24.0 Å². The van der Waals surface area contributed by atoms with Crippen LogP contribution >= 0.6 is 15.9 Å². The summed E-state index contributed by atoms with van der Waals surface area (Å²) >= 11 is 3.52. The number of halogens is 1. The Balaban J connectivity index is 1.98. The summed E-state index contributed by atoms with van der Waals surface area (Å²) in [6, 6.07) is 4.16. The smallest absolute Gasteiger partial charge is 0.189 e. The van der Waals surface area contributed by atoms with Crippen molar-refractivity contribution in [2.75, 3.05) is 6.79 Å². The van der Waals surface area contributed by atoms with Gasteiger partial charge in [0.2, 0.25) is 0 Å². The summed E-state index contributed by atoms with van der Waals surface area (Å²) in [5.41, 5.74) is 8.48. The van der Waals surface area contributed by atoms with Crippen molar-refractivity contribution in [3.8, 4) is 5.75 Å². The van der Waals surface area contributed by atoms with Crippen LogP contribution in [0.5, 0.6) is 5.75 Å². The van der Waals surface area contributed by atoms with Crippen molar-refractivity contribution in [2.45, 2.75) is 31.4 Å². The Morgan fingerprint density at radius 1 is 1.38 bits per heavy atom. The molecular weight excluding hydrogens is 270 g/mol. The average Bonchev–Trinajstić information content (AvgIpc) is 2.96. The zero-order valence-electron chi connectivity index (χ0n) is 8.96. The number of ether oxygens (including phenoxy) is 2. The number of rotatable bonds is 2. The van der Waals surface area contributed by atoms with E-state index < -0.39 is 0 Å². The molecule has 0 amide bonds. The molecule has 0 spiro atoms. The molecule has 0 aromatic heterocycles. The molecule has 1 aliphatic carbocycles. The van der Waals surface area contributed by atoms with Crippen LogP contribution in [0.25, 0.3) is 0 Å². The Labute approximate surface area is 103 Å². The van der Waals surface area contributed by atoms with Crippen molar-refractivity contribution in [1.29, 1.82) is 0 Å². The van der Waals surface area contributed by atoms with Crippen LogP contribution in [0.15, 0.2) is 16.6 Å². The molecule has 3 nitrogen and oxygen atoms in total. The normalized spacial score (nSPS) is 21.1. The molecule has 16 heavy (non-hydrogen) atoms. The van der Waals surface area contributed by atoms with Crippen molar-refractivity contribution in [2.24, 2.45) is 5.73 Å². The van der Waals surface area contributed by atoms with Crippen LogP contribution in [0.4, 0.5) is 0 Å². The first-order chi connectivity index (χ1) is 7.66. The minimum atomic E-state index is 0.0101. The van der Waals surface area contributed by atoms with Gasteiger partial charge in [0.25, 0.3) is 0 Å². The van der Waals surface area contributed by atoms with E-state index in [2.05, 4.69) is 22.0 Å². The molecule has 0 unspecified atom stereocenters. The van der Waals surface area contributed by atoms with Crippen molar-refractivity contribution in [3.05, 3.63) is 27.7 Å². The first-order valence-corrected chi connectivity index (χ1v) is 6.26. The molecular formula is C12H14BrNO2. The van der Waals surface area contributed by atoms with Crippen LogP contribution in [0.2, 0.25) is 0 Å². The molecule has 1 heterocycles. The van der Waals surface area contributed by atoms with Crippen LogP contribution in [0, 0.1) is 0 Å². The molecule has 0 atom stereocenters. The molecule has 1 saturated carbocycles. The van der Waals surface area contributed by atoms with Gasteiger partial charge in [-0.3, -0.25) is 0 Å². The van der Waals surface area contributed by atoms with E-state index in [1.54, 1.807) is 0 Å². The second-order valence-electron chi connectivity index (χ2n) is 4.70. The quantitative estimate of drug-likeness (QED) is 0.906. The fraction of sp³-hybridized carbons (Fsp3) is 0.500. The van der Waals surface area contributed by atoms with Gasteiger partial charge in [0.15, 0.2) is 6.79 Å². The Hall–Kier alpha value is -0.580. The lowest BCUT2D eigenvalue weighted by atomic mass is 10.0. The fourth-order valence-corrected chi connectivity index (χ4v) is 2.66. The van der Waals surface area contributed by atoms with E-state index in [1.807, 2.05) is 6.07 Å². The van der Waals surface area contributed by atoms with Crippen LogP contribution in [-0.2, 0) is 17.8 Å². The van der Waals surface area contributed by atoms with Gasteiger partial charge in [-0.15, -0.1) is 0 Å². The highest BCUT2D eigenvalue weighted by Crippen LogP contribution is 2.40. The molecule has 0 bridgehead atoms. The van der Waals surface area contributed by atoms with E-state index >= 15 is 0 Å². The Kier molecular flexibility index (Phi) is 2.46. The van der Waals surface area contributed by atoms with Crippen molar-refractivity contribution < 1.29 is 9.47 Å². The molecule has 1 aromatic rings. The van der Waals surface area contributed by atoms with Gasteiger partial charge in [-0.25, -0.2) is 0 Å². The van der Waals surface area contributed by atoms with E-state index in [9.17, 15) is 0 Å². The van der Waals surface area contributed by atoms with Crippen LogP contribution < -0.4 is 10.5 Å². The minimum Gasteiger partial charge on any atom is -0.467 e. The Morgan fingerprint density at radius 2 is 2.19 bits per heavy atom. The van der Waals surface area contributed by atoms with Crippen molar-refractivity contribution >= 4 is 15.9 Å². The molecule has 3 rings (SSSR count). The molecule has 0 saturated heterocycles. The van der Waals surface area contributed by atoms with Crippen LogP contribution in [0.3, 0.4) is 0 Å². The summed E-state index contributed by atoms with van der Waals surface area (Å²) < 4.78 is 11.9. The topological polar surface area (TPSA) is 44.5 Å². The summed E-state index contributed by atoms with van der Waals surface area (Å²) in [5.74, 6) is 0.978. The third-order valence-electron chi connectivity index (χ3n) is 3.19. The molecule has 2 aliphatic rings. The highest BCUT2D eigenvalue weighted by atomic mass is 79.9. The number of nitrogens with two attached hydrogens (primary N) is 1. The second-order valence-corrected chi connectivity index (χ2v) is 5.62. The maximum Gasteiger partial charge on any atom is 0.189 e. The summed E-state index contributed by atoms with van der Waals surface area (Å²) in [5, 5.41) is 0. The number of hydrogen-bond acceptors (Lipinski definition) is 3. The third kappa shape index (κ3) is 1.97. The first kappa shape index (κ1) is 10.6. The number of fused-ring (bicyclic) bond motifs is 1. The zero-order valence-corrected chi connectivity index (χ0v) is 10.5. The van der Waals surface area contributed by atoms with Gasteiger partial charge in [-0.1, -0.05) is 15.9 Å². The molecule has 2 N–H and O–H groups in total. The second kappa shape index (κ2) is 3.72. The SMILES string of the molecule is NC1(Cc2cc(Br)cc3c2OCOC3)CC1. The number of benzene rings is 1. The van der Waals surface area contributed by atoms with Crippen molar-refractivity contribution in [1.82, 2.24) is 0 Å². The van der Waals surface area contributed by atoms with Gasteiger partial charge >= 0.3 is 0 Å². The molecule has 0 radical (unpaired) electrons. The molecule has 86 valence electrons. The van der Waals surface area contributed by atoms with Gasteiger partial charge < -0.3 is 15.2 Å². The lowest BCUT2D eigenvalue weighted by molar-refractivity contribution is -0.0171. The minimum absolute atomic E-state index is 0.0101. The van der Waals surface area contributed by atoms with E-state index in [4.69, 9.17) is 15.2 Å². The number of hydrogen-bond donors (Lipinski definition) is 1. The van der Waals surface area contributed by atoms with Gasteiger partial charge in [0.05, 0.1) is 6.61 Å². The van der Waals surface area contributed by atoms with E-state index in [1.165, 1.54) is 5.56 Å². The maximum atomic E-state index is 6.16. The summed E-state index contributed by atoms with van der Waals surface area (Å²) in [6.07, 6.45) is 3.13. The predicted octanol–water partition coefficient (Wildman–Crippen LogP) is 2.35. The van der Waals surface area contributed by atoms with Crippen molar-refractivity contribution in [3.63, 3.8) is 0 Å². The largest absolute Gasteiger partial charge is 0.467 e. The molecule has 1 fully saturated rings. The summed E-state index contributed by atoms with van der Waals surface area (Å²) in [6.45, 7) is 0.971. The van der Waals surface area contributed by atoms with Gasteiger partial charge in [0.1, 0.15) is 5.75 Å². The maximum absolute atomic E-state index is 6.16. The van der Waals surface area contributed by atoms with Gasteiger partial charge in [-0.05, 0) is 37.0 Å². The predicted molar refractivity (Wildman–Crippen MR) is 64.3 cm³/mol. The standard InChI is InChI=1S/C12H14BrNO2/c13-10-3-8(5-12(14)1-2-12)11-9(4-10)6-15-7-16-11/h3-4H,1-2,5-7,14H2. The lowest BCUT2D eigenvalue weighted by Crippen LogP contribution is -2.25. The van der Waals surface area contributed by atoms with E-state index in [0.29, 0.717) is 13.4 Å². The summed E-state index contributed by atoms with van der Waals surface area (Å²) in [7, 11) is 0. The third-order valence-corrected chi connectivity index (χ3v) is 3.64. The van der Waals surface area contributed by atoms with E-state index in [-0.39, 0.29) is 5.54 Å². The lowest BCUT2D eigenvalue weighted by Gasteiger charge is -2.22.